The SMILES string of the molecule is CCCC1CCc2ccccc2N1C(=O)CC(C)(C)C. The second kappa shape index (κ2) is 5.99. The van der Waals surface area contributed by atoms with Crippen LogP contribution in [0.25, 0.3) is 0 Å². The van der Waals surface area contributed by atoms with Crippen molar-refractivity contribution in [1.29, 1.82) is 0 Å². The number of anilines is 1. The first kappa shape index (κ1) is 15.1. The third-order valence-electron chi connectivity index (χ3n) is 3.94. The highest BCUT2D eigenvalue weighted by Gasteiger charge is 2.31. The van der Waals surface area contributed by atoms with E-state index in [1.54, 1.807) is 0 Å². The average Bonchev–Trinajstić information content (AvgIpc) is 2.36. The van der Waals surface area contributed by atoms with Crippen molar-refractivity contribution in [2.45, 2.75) is 65.8 Å². The van der Waals surface area contributed by atoms with Gasteiger partial charge in [0.15, 0.2) is 0 Å². The maximum absolute atomic E-state index is 12.8. The molecule has 1 heterocycles. The number of carbonyl (C=O) groups excluding carboxylic acids is 1. The summed E-state index contributed by atoms with van der Waals surface area (Å²) in [6.07, 6.45) is 5.04. The molecule has 2 rings (SSSR count). The highest BCUT2D eigenvalue weighted by Crippen LogP contribution is 2.34. The summed E-state index contributed by atoms with van der Waals surface area (Å²) in [6.45, 7) is 8.60. The minimum atomic E-state index is 0.0419. The third kappa shape index (κ3) is 3.41. The van der Waals surface area contributed by atoms with E-state index < -0.39 is 0 Å². The number of benzene rings is 1. The smallest absolute Gasteiger partial charge is 0.227 e. The van der Waals surface area contributed by atoms with E-state index in [-0.39, 0.29) is 11.3 Å². The van der Waals surface area contributed by atoms with Crippen molar-refractivity contribution in [2.75, 3.05) is 4.90 Å². The summed E-state index contributed by atoms with van der Waals surface area (Å²) < 4.78 is 0. The first-order chi connectivity index (χ1) is 9.42. The third-order valence-corrected chi connectivity index (χ3v) is 3.94. The Morgan fingerprint density at radius 1 is 1.30 bits per heavy atom. The predicted molar refractivity (Wildman–Crippen MR) is 85.0 cm³/mol. The maximum atomic E-state index is 12.8. The zero-order chi connectivity index (χ0) is 14.8. The predicted octanol–water partition coefficient (Wildman–Crippen LogP) is 4.57. The fourth-order valence-corrected chi connectivity index (χ4v) is 3.09. The van der Waals surface area contributed by atoms with Gasteiger partial charge in [0.25, 0.3) is 0 Å². The Labute approximate surface area is 123 Å². The van der Waals surface area contributed by atoms with Gasteiger partial charge in [0, 0.05) is 18.2 Å². The molecule has 110 valence electrons. The van der Waals surface area contributed by atoms with Crippen molar-refractivity contribution >= 4 is 11.6 Å². The van der Waals surface area contributed by atoms with E-state index in [0.717, 1.165) is 31.4 Å². The molecule has 2 nitrogen and oxygen atoms in total. The molecule has 20 heavy (non-hydrogen) atoms. The van der Waals surface area contributed by atoms with Gasteiger partial charge in [0.1, 0.15) is 0 Å². The molecule has 0 bridgehead atoms. The molecule has 1 aliphatic heterocycles. The average molecular weight is 273 g/mol. The van der Waals surface area contributed by atoms with Crippen LogP contribution in [-0.4, -0.2) is 11.9 Å². The van der Waals surface area contributed by atoms with Gasteiger partial charge in [-0.05, 0) is 36.3 Å². The van der Waals surface area contributed by atoms with E-state index in [9.17, 15) is 4.79 Å². The van der Waals surface area contributed by atoms with Gasteiger partial charge >= 0.3 is 0 Å². The fourth-order valence-electron chi connectivity index (χ4n) is 3.09. The molecule has 0 fully saturated rings. The molecule has 0 aromatic heterocycles. The van der Waals surface area contributed by atoms with Gasteiger partial charge in [0.05, 0.1) is 0 Å². The second-order valence-corrected chi connectivity index (χ2v) is 7.11. The largest absolute Gasteiger partial charge is 0.309 e. The first-order valence-corrected chi connectivity index (χ1v) is 7.82. The fraction of sp³-hybridized carbons (Fsp3) is 0.611. The van der Waals surface area contributed by atoms with Gasteiger partial charge in [-0.15, -0.1) is 0 Å². The second-order valence-electron chi connectivity index (χ2n) is 7.11. The number of carbonyl (C=O) groups is 1. The molecule has 1 aliphatic rings. The number of fused-ring (bicyclic) bond motifs is 1. The Morgan fingerprint density at radius 3 is 2.65 bits per heavy atom. The molecule has 0 N–H and O–H groups in total. The van der Waals surface area contributed by atoms with E-state index in [4.69, 9.17) is 0 Å². The summed E-state index contributed by atoms with van der Waals surface area (Å²) >= 11 is 0. The van der Waals surface area contributed by atoms with Crippen LogP contribution in [0.1, 0.15) is 58.9 Å². The van der Waals surface area contributed by atoms with Crippen LogP contribution in [0.3, 0.4) is 0 Å². The summed E-state index contributed by atoms with van der Waals surface area (Å²) in [5.41, 5.74) is 2.51. The van der Waals surface area contributed by atoms with E-state index in [1.807, 2.05) is 6.07 Å². The molecule has 0 spiro atoms. The lowest BCUT2D eigenvalue weighted by atomic mass is 9.88. The van der Waals surface area contributed by atoms with Gasteiger partial charge in [0.2, 0.25) is 5.91 Å². The van der Waals surface area contributed by atoms with Gasteiger partial charge < -0.3 is 4.90 Å². The van der Waals surface area contributed by atoms with Crippen molar-refractivity contribution in [3.63, 3.8) is 0 Å². The molecule has 0 aliphatic carbocycles. The van der Waals surface area contributed by atoms with Crippen molar-refractivity contribution in [3.05, 3.63) is 29.8 Å². The van der Waals surface area contributed by atoms with E-state index in [0.29, 0.717) is 12.5 Å². The maximum Gasteiger partial charge on any atom is 0.227 e. The number of aryl methyl sites for hydroxylation is 1. The minimum absolute atomic E-state index is 0.0419. The number of hydrogen-bond acceptors (Lipinski definition) is 1. The molecule has 1 aromatic rings. The van der Waals surface area contributed by atoms with Crippen LogP contribution in [0.5, 0.6) is 0 Å². The van der Waals surface area contributed by atoms with Crippen LogP contribution in [0, 0.1) is 5.41 Å². The lowest BCUT2D eigenvalue weighted by Gasteiger charge is -2.38. The van der Waals surface area contributed by atoms with Gasteiger partial charge in [-0.25, -0.2) is 0 Å². The summed E-state index contributed by atoms with van der Waals surface area (Å²) in [6, 6.07) is 8.77. The zero-order valence-electron chi connectivity index (χ0n) is 13.3. The molecular weight excluding hydrogens is 246 g/mol. The molecule has 0 saturated heterocycles. The highest BCUT2D eigenvalue weighted by atomic mass is 16.2. The number of amides is 1. The van der Waals surface area contributed by atoms with Crippen LogP contribution in [0.2, 0.25) is 0 Å². The lowest BCUT2D eigenvalue weighted by Crippen LogP contribution is -2.44. The van der Waals surface area contributed by atoms with Crippen molar-refractivity contribution in [3.8, 4) is 0 Å². The molecule has 0 radical (unpaired) electrons. The number of para-hydroxylation sites is 1. The Morgan fingerprint density at radius 2 is 2.00 bits per heavy atom. The molecular formula is C18H27NO. The summed E-state index contributed by atoms with van der Waals surface area (Å²) in [4.78, 5) is 14.9. The number of rotatable bonds is 3. The minimum Gasteiger partial charge on any atom is -0.309 e. The van der Waals surface area contributed by atoms with Gasteiger partial charge in [-0.1, -0.05) is 52.3 Å². The summed E-state index contributed by atoms with van der Waals surface area (Å²) in [5, 5.41) is 0. The molecule has 2 heteroatoms. The monoisotopic (exact) mass is 273 g/mol. The van der Waals surface area contributed by atoms with Crippen LogP contribution in [-0.2, 0) is 11.2 Å². The Balaban J connectivity index is 2.31. The lowest BCUT2D eigenvalue weighted by molar-refractivity contribution is -0.120. The molecule has 1 aromatic carbocycles. The topological polar surface area (TPSA) is 20.3 Å². The van der Waals surface area contributed by atoms with Crippen molar-refractivity contribution < 1.29 is 4.79 Å². The first-order valence-electron chi connectivity index (χ1n) is 7.82. The summed E-state index contributed by atoms with van der Waals surface area (Å²) in [7, 11) is 0. The molecule has 1 atom stereocenters. The van der Waals surface area contributed by atoms with Gasteiger partial charge in [-0.2, -0.15) is 0 Å². The Hall–Kier alpha value is -1.31. The Bertz CT molecular complexity index is 473. The van der Waals surface area contributed by atoms with Crippen LogP contribution in [0.15, 0.2) is 24.3 Å². The number of nitrogens with zero attached hydrogens (tertiary/aromatic N) is 1. The number of hydrogen-bond donors (Lipinski definition) is 0. The van der Waals surface area contributed by atoms with E-state index in [1.165, 1.54) is 5.56 Å². The highest BCUT2D eigenvalue weighted by molar-refractivity contribution is 5.95. The van der Waals surface area contributed by atoms with Crippen LogP contribution < -0.4 is 4.90 Å². The standard InChI is InChI=1S/C18H27NO/c1-5-8-15-12-11-14-9-6-7-10-16(14)19(15)17(20)13-18(2,3)4/h6-7,9-10,15H,5,8,11-13H2,1-4H3. The molecule has 0 saturated carbocycles. The zero-order valence-corrected chi connectivity index (χ0v) is 13.3. The van der Waals surface area contributed by atoms with Crippen LogP contribution in [0.4, 0.5) is 5.69 Å². The van der Waals surface area contributed by atoms with E-state index >= 15 is 0 Å². The quantitative estimate of drug-likeness (QED) is 0.790. The Kier molecular flexibility index (Phi) is 4.52. The van der Waals surface area contributed by atoms with Crippen LogP contribution >= 0.6 is 0 Å². The summed E-state index contributed by atoms with van der Waals surface area (Å²) in [5.74, 6) is 0.281. The molecule has 1 unspecified atom stereocenters. The van der Waals surface area contributed by atoms with Crippen molar-refractivity contribution in [1.82, 2.24) is 0 Å². The molecule has 1 amide bonds. The van der Waals surface area contributed by atoms with Crippen molar-refractivity contribution in [2.24, 2.45) is 5.41 Å². The van der Waals surface area contributed by atoms with E-state index in [2.05, 4.69) is 50.8 Å². The normalized spacial score (nSPS) is 18.8. The van der Waals surface area contributed by atoms with Gasteiger partial charge in [-0.3, -0.25) is 4.79 Å².